The molecule has 6 heteroatoms. The van der Waals surface area contributed by atoms with Gasteiger partial charge in [-0.2, -0.15) is 4.31 Å². The molecule has 0 unspecified atom stereocenters. The number of nitrogens with zero attached hydrogens (tertiary/aromatic N) is 2. The topological polar surface area (TPSA) is 52.7 Å². The minimum Gasteiger partial charge on any atom is -0.317 e. The second kappa shape index (κ2) is 6.30. The Hall–Kier alpha value is -0.170. The van der Waals surface area contributed by atoms with Crippen LogP contribution in [0.3, 0.4) is 0 Å². The highest BCUT2D eigenvalue weighted by Gasteiger charge is 2.32. The Labute approximate surface area is 123 Å². The molecule has 0 bridgehead atoms. The second-order valence-electron chi connectivity index (χ2n) is 7.03. The van der Waals surface area contributed by atoms with E-state index in [9.17, 15) is 8.42 Å². The molecule has 0 radical (unpaired) electrons. The SMILES string of the molecule is CC(C)(C)N1CCN(S(=O)(=O)CC2CCNCC2)CC1. The van der Waals surface area contributed by atoms with E-state index in [0.717, 1.165) is 39.0 Å². The van der Waals surface area contributed by atoms with E-state index in [4.69, 9.17) is 0 Å². The lowest BCUT2D eigenvalue weighted by atomic mass is 10.0. The highest BCUT2D eigenvalue weighted by molar-refractivity contribution is 7.89. The summed E-state index contributed by atoms with van der Waals surface area (Å²) in [5, 5.41) is 3.29. The van der Waals surface area contributed by atoms with Gasteiger partial charge in [-0.3, -0.25) is 4.90 Å². The Balaban J connectivity index is 1.88. The minimum atomic E-state index is -3.07. The Kier molecular flexibility index (Phi) is 5.10. The molecule has 2 aliphatic rings. The monoisotopic (exact) mass is 303 g/mol. The zero-order chi connectivity index (χ0) is 14.8. The first-order valence-corrected chi connectivity index (χ1v) is 9.33. The van der Waals surface area contributed by atoms with Gasteiger partial charge in [0.25, 0.3) is 0 Å². The quantitative estimate of drug-likeness (QED) is 0.835. The third-order valence-corrected chi connectivity index (χ3v) is 6.53. The van der Waals surface area contributed by atoms with Crippen molar-refractivity contribution in [3.8, 4) is 0 Å². The van der Waals surface area contributed by atoms with Gasteiger partial charge >= 0.3 is 0 Å². The van der Waals surface area contributed by atoms with Crippen LogP contribution in [0.4, 0.5) is 0 Å². The van der Waals surface area contributed by atoms with E-state index in [1.165, 1.54) is 0 Å². The largest absolute Gasteiger partial charge is 0.317 e. The Morgan fingerprint density at radius 2 is 1.60 bits per heavy atom. The summed E-state index contributed by atoms with van der Waals surface area (Å²) < 4.78 is 26.7. The third-order valence-electron chi connectivity index (χ3n) is 4.49. The van der Waals surface area contributed by atoms with Crippen molar-refractivity contribution in [1.29, 1.82) is 0 Å². The van der Waals surface area contributed by atoms with Crippen molar-refractivity contribution in [2.45, 2.75) is 39.2 Å². The van der Waals surface area contributed by atoms with Crippen molar-refractivity contribution in [2.24, 2.45) is 5.92 Å². The fourth-order valence-corrected chi connectivity index (χ4v) is 4.95. The van der Waals surface area contributed by atoms with Gasteiger partial charge in [-0.1, -0.05) is 0 Å². The number of nitrogens with one attached hydrogen (secondary N) is 1. The van der Waals surface area contributed by atoms with E-state index in [1.807, 2.05) is 0 Å². The van der Waals surface area contributed by atoms with Crippen LogP contribution < -0.4 is 5.32 Å². The van der Waals surface area contributed by atoms with Crippen LogP contribution in [0, 0.1) is 5.92 Å². The van der Waals surface area contributed by atoms with Gasteiger partial charge < -0.3 is 5.32 Å². The minimum absolute atomic E-state index is 0.130. The Bertz CT molecular complexity index is 403. The lowest BCUT2D eigenvalue weighted by Crippen LogP contribution is -2.55. The molecule has 0 saturated carbocycles. The lowest BCUT2D eigenvalue weighted by molar-refractivity contribution is 0.0920. The van der Waals surface area contributed by atoms with Crippen molar-refractivity contribution in [3.63, 3.8) is 0 Å². The normalized spacial score (nSPS) is 24.9. The van der Waals surface area contributed by atoms with Crippen LogP contribution in [-0.4, -0.2) is 68.2 Å². The van der Waals surface area contributed by atoms with Gasteiger partial charge in [-0.15, -0.1) is 0 Å². The van der Waals surface area contributed by atoms with Crippen molar-refractivity contribution >= 4 is 10.0 Å². The van der Waals surface area contributed by atoms with Crippen LogP contribution in [0.25, 0.3) is 0 Å². The molecule has 118 valence electrons. The molecule has 0 aromatic carbocycles. The number of piperidine rings is 1. The molecule has 0 aromatic heterocycles. The summed E-state index contributed by atoms with van der Waals surface area (Å²) >= 11 is 0. The molecule has 2 rings (SSSR count). The summed E-state index contributed by atoms with van der Waals surface area (Å²) in [5.74, 6) is 0.673. The van der Waals surface area contributed by atoms with E-state index < -0.39 is 10.0 Å². The molecule has 0 amide bonds. The number of hydrogen-bond donors (Lipinski definition) is 1. The van der Waals surface area contributed by atoms with Crippen LogP contribution in [0.5, 0.6) is 0 Å². The summed E-state index contributed by atoms with van der Waals surface area (Å²) in [6.45, 7) is 11.4. The van der Waals surface area contributed by atoms with Crippen LogP contribution in [-0.2, 0) is 10.0 Å². The molecule has 2 heterocycles. The molecular formula is C14H29N3O2S. The fourth-order valence-electron chi connectivity index (χ4n) is 3.09. The number of rotatable bonds is 3. The summed E-state index contributed by atoms with van der Waals surface area (Å²) in [5.41, 5.74) is 0.130. The summed E-state index contributed by atoms with van der Waals surface area (Å²) in [7, 11) is -3.07. The summed E-state index contributed by atoms with van der Waals surface area (Å²) in [6, 6.07) is 0. The first-order valence-electron chi connectivity index (χ1n) is 7.72. The van der Waals surface area contributed by atoms with Gasteiger partial charge in [-0.25, -0.2) is 8.42 Å². The van der Waals surface area contributed by atoms with Crippen molar-refractivity contribution in [1.82, 2.24) is 14.5 Å². The molecule has 2 fully saturated rings. The average Bonchev–Trinajstić information content (AvgIpc) is 2.38. The van der Waals surface area contributed by atoms with Crippen LogP contribution >= 0.6 is 0 Å². The van der Waals surface area contributed by atoms with Gasteiger partial charge in [0.15, 0.2) is 0 Å². The van der Waals surface area contributed by atoms with Crippen molar-refractivity contribution in [3.05, 3.63) is 0 Å². The zero-order valence-electron chi connectivity index (χ0n) is 13.1. The Morgan fingerprint density at radius 3 is 2.10 bits per heavy atom. The van der Waals surface area contributed by atoms with Crippen LogP contribution in [0.1, 0.15) is 33.6 Å². The molecule has 2 aliphatic heterocycles. The maximum absolute atomic E-state index is 12.5. The predicted molar refractivity (Wildman–Crippen MR) is 82.3 cm³/mol. The van der Waals surface area contributed by atoms with Crippen LogP contribution in [0.15, 0.2) is 0 Å². The van der Waals surface area contributed by atoms with Gasteiger partial charge in [-0.05, 0) is 52.6 Å². The van der Waals surface area contributed by atoms with Gasteiger partial charge in [0, 0.05) is 31.7 Å². The Morgan fingerprint density at radius 1 is 1.05 bits per heavy atom. The molecule has 0 spiro atoms. The zero-order valence-corrected chi connectivity index (χ0v) is 13.9. The lowest BCUT2D eigenvalue weighted by Gasteiger charge is -2.42. The highest BCUT2D eigenvalue weighted by Crippen LogP contribution is 2.20. The predicted octanol–water partition coefficient (Wildman–Crippen LogP) is 0.732. The van der Waals surface area contributed by atoms with E-state index in [0.29, 0.717) is 24.8 Å². The van der Waals surface area contributed by atoms with E-state index in [2.05, 4.69) is 31.0 Å². The number of piperazine rings is 1. The fraction of sp³-hybridized carbons (Fsp3) is 1.00. The molecule has 5 nitrogen and oxygen atoms in total. The summed E-state index contributed by atoms with van der Waals surface area (Å²) in [6.07, 6.45) is 1.97. The smallest absolute Gasteiger partial charge is 0.214 e. The first-order chi connectivity index (χ1) is 9.29. The van der Waals surface area contributed by atoms with Gasteiger partial charge in [0.2, 0.25) is 10.0 Å². The van der Waals surface area contributed by atoms with Gasteiger partial charge in [0.05, 0.1) is 5.75 Å². The maximum atomic E-state index is 12.5. The standard InChI is InChI=1S/C14H29N3O2S/c1-14(2,3)16-8-10-17(11-9-16)20(18,19)12-13-4-6-15-7-5-13/h13,15H,4-12H2,1-3H3. The van der Waals surface area contributed by atoms with Gasteiger partial charge in [0.1, 0.15) is 0 Å². The van der Waals surface area contributed by atoms with Crippen molar-refractivity contribution < 1.29 is 8.42 Å². The highest BCUT2D eigenvalue weighted by atomic mass is 32.2. The van der Waals surface area contributed by atoms with Crippen molar-refractivity contribution in [2.75, 3.05) is 45.0 Å². The van der Waals surface area contributed by atoms with Crippen LogP contribution in [0.2, 0.25) is 0 Å². The molecule has 1 N–H and O–H groups in total. The average molecular weight is 303 g/mol. The molecule has 0 aromatic rings. The molecule has 20 heavy (non-hydrogen) atoms. The number of sulfonamides is 1. The van der Waals surface area contributed by atoms with E-state index in [1.54, 1.807) is 4.31 Å². The molecule has 0 atom stereocenters. The number of hydrogen-bond acceptors (Lipinski definition) is 4. The molecule has 0 aliphatic carbocycles. The maximum Gasteiger partial charge on any atom is 0.214 e. The van der Waals surface area contributed by atoms with E-state index >= 15 is 0 Å². The third kappa shape index (κ3) is 4.16. The second-order valence-corrected chi connectivity index (χ2v) is 9.04. The summed E-state index contributed by atoms with van der Waals surface area (Å²) in [4.78, 5) is 2.36. The first kappa shape index (κ1) is 16.2. The molecular weight excluding hydrogens is 274 g/mol. The van der Waals surface area contributed by atoms with E-state index in [-0.39, 0.29) is 5.54 Å². The molecule has 2 saturated heterocycles.